The van der Waals surface area contributed by atoms with E-state index < -0.39 is 29.3 Å². The lowest BCUT2D eigenvalue weighted by molar-refractivity contribution is -0.142. The van der Waals surface area contributed by atoms with Crippen molar-refractivity contribution >= 4 is 23.5 Å². The van der Waals surface area contributed by atoms with Crippen LogP contribution in [0.2, 0.25) is 0 Å². The molecule has 3 N–H and O–H groups in total. The summed E-state index contributed by atoms with van der Waals surface area (Å²) >= 11 is 0. The van der Waals surface area contributed by atoms with Crippen LogP contribution in [0.1, 0.15) is 51.0 Å². The first-order chi connectivity index (χ1) is 15.5. The van der Waals surface area contributed by atoms with Gasteiger partial charge in [0.15, 0.2) is 5.82 Å². The number of hydrogen-bond acceptors (Lipinski definition) is 7. The van der Waals surface area contributed by atoms with Crippen molar-refractivity contribution in [2.45, 2.75) is 52.1 Å². The summed E-state index contributed by atoms with van der Waals surface area (Å²) < 4.78 is 10.1. The molecule has 0 saturated heterocycles. The summed E-state index contributed by atoms with van der Waals surface area (Å²) in [6.07, 6.45) is -0.277. The summed E-state index contributed by atoms with van der Waals surface area (Å²) in [5, 5.41) is 18.8. The molecule has 0 fully saturated rings. The van der Waals surface area contributed by atoms with Gasteiger partial charge in [-0.3, -0.25) is 14.4 Å². The highest BCUT2D eigenvalue weighted by Crippen LogP contribution is 2.25. The predicted molar refractivity (Wildman–Crippen MR) is 122 cm³/mol. The Labute approximate surface area is 193 Å². The van der Waals surface area contributed by atoms with Crippen molar-refractivity contribution in [3.8, 4) is 5.75 Å². The van der Waals surface area contributed by atoms with Crippen molar-refractivity contribution < 1.29 is 28.8 Å². The Morgan fingerprint density at radius 3 is 2.36 bits per heavy atom. The topological polar surface area (TPSA) is 134 Å². The van der Waals surface area contributed by atoms with E-state index in [1.165, 1.54) is 12.0 Å². The zero-order chi connectivity index (χ0) is 24.6. The van der Waals surface area contributed by atoms with Crippen LogP contribution >= 0.6 is 0 Å². The lowest BCUT2D eigenvalue weighted by Crippen LogP contribution is -2.50. The average Bonchev–Trinajstić information content (AvgIpc) is 3.15. The molecule has 10 nitrogen and oxygen atoms in total. The van der Waals surface area contributed by atoms with E-state index in [0.717, 1.165) is 0 Å². The molecule has 0 aliphatic heterocycles. The zero-order valence-electron chi connectivity index (χ0n) is 19.7. The number of rotatable bonds is 10. The molecule has 1 heterocycles. The van der Waals surface area contributed by atoms with Gasteiger partial charge in [-0.25, -0.2) is 0 Å². The summed E-state index contributed by atoms with van der Waals surface area (Å²) in [4.78, 5) is 39.8. The molecule has 2 aromatic rings. The van der Waals surface area contributed by atoms with E-state index in [1.54, 1.807) is 37.3 Å². The Morgan fingerprint density at radius 2 is 1.85 bits per heavy atom. The number of aromatic nitrogens is 1. The fraction of sp³-hybridized carbons (Fsp3) is 0.478. The summed E-state index contributed by atoms with van der Waals surface area (Å²) in [5.41, 5.74) is 0.0209. The van der Waals surface area contributed by atoms with Crippen LogP contribution in [0.4, 0.5) is 5.82 Å². The Balaban J connectivity index is 2.21. The molecule has 2 rings (SSSR count). The average molecular weight is 461 g/mol. The maximum absolute atomic E-state index is 13.2. The lowest BCUT2D eigenvalue weighted by atomic mass is 10.0. The van der Waals surface area contributed by atoms with Gasteiger partial charge in [-0.05, 0) is 45.4 Å². The molecule has 0 bridgehead atoms. The highest BCUT2D eigenvalue weighted by molar-refractivity contribution is 5.94. The summed E-state index contributed by atoms with van der Waals surface area (Å²) in [6.45, 7) is 6.79. The van der Waals surface area contributed by atoms with Crippen molar-refractivity contribution in [2.75, 3.05) is 25.6 Å². The SMILES string of the molecule is COc1ccc([C@H](C(=O)NC(C)(C)C)N(CCO)C(=O)CCC(=O)Nc2cc(C)on2)cc1. The van der Waals surface area contributed by atoms with E-state index in [9.17, 15) is 19.5 Å². The van der Waals surface area contributed by atoms with E-state index in [4.69, 9.17) is 9.26 Å². The Hall–Kier alpha value is -3.40. The minimum Gasteiger partial charge on any atom is -0.497 e. The Morgan fingerprint density at radius 1 is 1.18 bits per heavy atom. The predicted octanol–water partition coefficient (Wildman–Crippen LogP) is 2.19. The third-order valence-electron chi connectivity index (χ3n) is 4.61. The molecule has 1 atom stereocenters. The number of aliphatic hydroxyl groups is 1. The van der Waals surface area contributed by atoms with Crippen LogP contribution in [-0.4, -0.2) is 58.7 Å². The van der Waals surface area contributed by atoms with Gasteiger partial charge in [0.2, 0.25) is 17.7 Å². The van der Waals surface area contributed by atoms with Crippen LogP contribution < -0.4 is 15.4 Å². The van der Waals surface area contributed by atoms with Gasteiger partial charge in [-0.15, -0.1) is 0 Å². The largest absolute Gasteiger partial charge is 0.497 e. The molecule has 0 spiro atoms. The van der Waals surface area contributed by atoms with Gasteiger partial charge in [0, 0.05) is 31.0 Å². The van der Waals surface area contributed by atoms with Gasteiger partial charge in [0.1, 0.15) is 17.6 Å². The van der Waals surface area contributed by atoms with Crippen molar-refractivity contribution in [1.82, 2.24) is 15.4 Å². The number of anilines is 1. The number of nitrogens with zero attached hydrogens (tertiary/aromatic N) is 2. The smallest absolute Gasteiger partial charge is 0.247 e. The van der Waals surface area contributed by atoms with E-state index in [1.807, 2.05) is 20.8 Å². The fourth-order valence-corrected chi connectivity index (χ4v) is 3.20. The number of carbonyl (C=O) groups is 3. The number of nitrogens with one attached hydrogen (secondary N) is 2. The lowest BCUT2D eigenvalue weighted by Gasteiger charge is -2.33. The number of carbonyl (C=O) groups excluding carboxylic acids is 3. The van der Waals surface area contributed by atoms with Crippen molar-refractivity contribution in [3.05, 3.63) is 41.7 Å². The third kappa shape index (κ3) is 7.90. The number of aliphatic hydroxyl groups excluding tert-OH is 1. The van der Waals surface area contributed by atoms with Gasteiger partial charge in [0.25, 0.3) is 0 Å². The van der Waals surface area contributed by atoms with Gasteiger partial charge >= 0.3 is 0 Å². The monoisotopic (exact) mass is 460 g/mol. The van der Waals surface area contributed by atoms with Gasteiger partial charge in [-0.1, -0.05) is 17.3 Å². The van der Waals surface area contributed by atoms with Crippen LogP contribution in [0.25, 0.3) is 0 Å². The second kappa shape index (κ2) is 11.5. The van der Waals surface area contributed by atoms with Crippen LogP contribution in [-0.2, 0) is 14.4 Å². The molecule has 0 saturated carbocycles. The number of hydrogen-bond donors (Lipinski definition) is 3. The molecule has 0 unspecified atom stereocenters. The van der Waals surface area contributed by atoms with Crippen LogP contribution in [0.3, 0.4) is 0 Å². The number of amides is 3. The summed E-state index contributed by atoms with van der Waals surface area (Å²) in [7, 11) is 1.53. The number of ether oxygens (including phenoxy) is 1. The highest BCUT2D eigenvalue weighted by Gasteiger charge is 2.33. The first-order valence-corrected chi connectivity index (χ1v) is 10.6. The Bertz CT molecular complexity index is 949. The maximum Gasteiger partial charge on any atom is 0.247 e. The van der Waals surface area contributed by atoms with E-state index >= 15 is 0 Å². The molecule has 180 valence electrons. The van der Waals surface area contributed by atoms with Crippen LogP contribution in [0.5, 0.6) is 5.75 Å². The van der Waals surface area contributed by atoms with Gasteiger partial charge < -0.3 is 29.9 Å². The standard InChI is InChI=1S/C23H32N4O6/c1-15-14-18(26-33-15)24-19(29)10-11-20(30)27(12-13-28)21(22(31)25-23(2,3)4)16-6-8-17(32-5)9-7-16/h6-9,14,21,28H,10-13H2,1-5H3,(H,25,31)(H,24,26,29)/t21-/m1/s1. The van der Waals surface area contributed by atoms with Crippen LogP contribution in [0, 0.1) is 6.92 Å². The van der Waals surface area contributed by atoms with Crippen molar-refractivity contribution in [3.63, 3.8) is 0 Å². The molecule has 0 aliphatic carbocycles. The fourth-order valence-electron chi connectivity index (χ4n) is 3.20. The molecule has 33 heavy (non-hydrogen) atoms. The second-order valence-corrected chi connectivity index (χ2v) is 8.60. The van der Waals surface area contributed by atoms with E-state index in [0.29, 0.717) is 17.1 Å². The molecule has 1 aromatic carbocycles. The second-order valence-electron chi connectivity index (χ2n) is 8.60. The first-order valence-electron chi connectivity index (χ1n) is 10.6. The molecule has 1 aromatic heterocycles. The molecule has 0 aliphatic rings. The normalized spacial score (nSPS) is 12.1. The minimum atomic E-state index is -0.990. The van der Waals surface area contributed by atoms with Gasteiger partial charge in [-0.2, -0.15) is 0 Å². The van der Waals surface area contributed by atoms with Crippen LogP contribution in [0.15, 0.2) is 34.9 Å². The number of aryl methyl sites for hydroxylation is 1. The first kappa shape index (κ1) is 25.9. The maximum atomic E-state index is 13.2. The van der Waals surface area contributed by atoms with Crippen molar-refractivity contribution in [2.24, 2.45) is 0 Å². The minimum absolute atomic E-state index is 0.0722. The third-order valence-corrected chi connectivity index (χ3v) is 4.61. The molecule has 3 amide bonds. The Kier molecular flexibility index (Phi) is 8.98. The highest BCUT2D eigenvalue weighted by atomic mass is 16.5. The molecular formula is C23H32N4O6. The molecule has 0 radical (unpaired) electrons. The summed E-state index contributed by atoms with van der Waals surface area (Å²) in [6, 6.07) is 7.36. The number of methoxy groups -OCH3 is 1. The summed E-state index contributed by atoms with van der Waals surface area (Å²) in [5.74, 6) is 0.159. The van der Waals surface area contributed by atoms with Gasteiger partial charge in [0.05, 0.1) is 13.7 Å². The number of benzene rings is 1. The quantitative estimate of drug-likeness (QED) is 0.495. The van der Waals surface area contributed by atoms with Crippen molar-refractivity contribution in [1.29, 1.82) is 0 Å². The zero-order valence-corrected chi connectivity index (χ0v) is 19.7. The molecule has 10 heteroatoms. The van der Waals surface area contributed by atoms with E-state index in [2.05, 4.69) is 15.8 Å². The molecular weight excluding hydrogens is 428 g/mol. The van der Waals surface area contributed by atoms with E-state index in [-0.39, 0.29) is 31.8 Å².